The lowest BCUT2D eigenvalue weighted by Gasteiger charge is -2.02. The van der Waals surface area contributed by atoms with E-state index in [-0.39, 0.29) is 6.42 Å². The van der Waals surface area contributed by atoms with Crippen molar-refractivity contribution in [3.8, 4) is 0 Å². The van der Waals surface area contributed by atoms with Gasteiger partial charge in [0.15, 0.2) is 0 Å². The monoisotopic (exact) mass is 185 g/mol. The van der Waals surface area contributed by atoms with E-state index in [0.29, 0.717) is 5.56 Å². The molecule has 1 aromatic heterocycles. The van der Waals surface area contributed by atoms with Gasteiger partial charge < -0.3 is 0 Å². The van der Waals surface area contributed by atoms with Gasteiger partial charge in [0.05, 0.1) is 0 Å². The van der Waals surface area contributed by atoms with Crippen LogP contribution in [-0.4, -0.2) is 11.4 Å². The third kappa shape index (κ3) is 3.49. The van der Waals surface area contributed by atoms with Crippen molar-refractivity contribution in [3.05, 3.63) is 29.6 Å². The zero-order chi connectivity index (χ0) is 9.68. The van der Waals surface area contributed by atoms with E-state index in [1.165, 1.54) is 6.20 Å². The molecule has 0 aliphatic carbocycles. The molecule has 0 bridgehead atoms. The molecule has 0 spiro atoms. The Labute approximate surface area is 76.8 Å². The molecular weight excluding hydrogens is 172 g/mol. The quantitative estimate of drug-likeness (QED) is 0.702. The summed E-state index contributed by atoms with van der Waals surface area (Å²) in [5.74, 6) is 0. The Morgan fingerprint density at radius 3 is 2.62 bits per heavy atom. The van der Waals surface area contributed by atoms with Gasteiger partial charge in [-0.3, -0.25) is 4.98 Å². The van der Waals surface area contributed by atoms with Crippen molar-refractivity contribution in [2.75, 3.05) is 0 Å². The van der Waals surface area contributed by atoms with E-state index >= 15 is 0 Å². The van der Waals surface area contributed by atoms with E-state index in [4.69, 9.17) is 0 Å². The van der Waals surface area contributed by atoms with E-state index < -0.39 is 6.43 Å². The van der Waals surface area contributed by atoms with Gasteiger partial charge in [-0.2, -0.15) is 0 Å². The molecule has 0 saturated heterocycles. The van der Waals surface area contributed by atoms with Gasteiger partial charge in [0, 0.05) is 18.8 Å². The molecule has 1 nitrogen and oxygen atoms in total. The van der Waals surface area contributed by atoms with E-state index in [1.54, 1.807) is 6.20 Å². The van der Waals surface area contributed by atoms with Gasteiger partial charge in [0.25, 0.3) is 0 Å². The molecule has 0 fully saturated rings. The fourth-order valence-corrected chi connectivity index (χ4v) is 1.26. The molecule has 1 rings (SSSR count). The molecule has 0 aromatic carbocycles. The molecule has 0 amide bonds. The van der Waals surface area contributed by atoms with Crippen LogP contribution in [0.4, 0.5) is 8.78 Å². The summed E-state index contributed by atoms with van der Waals surface area (Å²) in [6.45, 7) is 2.06. The second-order valence-electron chi connectivity index (χ2n) is 3.05. The minimum Gasteiger partial charge on any atom is -0.264 e. The number of pyridine rings is 1. The maximum atomic E-state index is 12.0. The molecule has 0 atom stereocenters. The third-order valence-electron chi connectivity index (χ3n) is 1.78. The predicted molar refractivity (Wildman–Crippen MR) is 47.9 cm³/mol. The second kappa shape index (κ2) is 4.90. The van der Waals surface area contributed by atoms with Crippen LogP contribution in [0.25, 0.3) is 0 Å². The number of nitrogens with zero attached hydrogens (tertiary/aromatic N) is 1. The summed E-state index contributed by atoms with van der Waals surface area (Å²) in [7, 11) is 0. The van der Waals surface area contributed by atoms with Gasteiger partial charge in [-0.15, -0.1) is 0 Å². The Morgan fingerprint density at radius 2 is 2.00 bits per heavy atom. The molecule has 0 unspecified atom stereocenters. The van der Waals surface area contributed by atoms with Crippen molar-refractivity contribution in [2.24, 2.45) is 0 Å². The third-order valence-corrected chi connectivity index (χ3v) is 1.78. The Bertz CT molecular complexity index is 261. The van der Waals surface area contributed by atoms with Crippen molar-refractivity contribution in [2.45, 2.75) is 32.6 Å². The minimum atomic E-state index is -2.28. The molecule has 13 heavy (non-hydrogen) atoms. The first-order valence-corrected chi connectivity index (χ1v) is 4.43. The Kier molecular flexibility index (Phi) is 3.80. The maximum absolute atomic E-state index is 12.0. The Hall–Kier alpha value is -0.990. The van der Waals surface area contributed by atoms with Crippen LogP contribution in [0.15, 0.2) is 18.5 Å². The van der Waals surface area contributed by atoms with Crippen LogP contribution in [0, 0.1) is 0 Å². The normalized spacial score (nSPS) is 10.8. The van der Waals surface area contributed by atoms with E-state index in [9.17, 15) is 8.78 Å². The number of hydrogen-bond donors (Lipinski definition) is 0. The van der Waals surface area contributed by atoms with Crippen LogP contribution in [0.2, 0.25) is 0 Å². The largest absolute Gasteiger partial charge is 0.264 e. The lowest BCUT2D eigenvalue weighted by atomic mass is 10.1. The number of halogens is 2. The van der Waals surface area contributed by atoms with Crippen LogP contribution < -0.4 is 0 Å². The van der Waals surface area contributed by atoms with Crippen molar-refractivity contribution in [1.82, 2.24) is 4.98 Å². The molecule has 0 aliphatic rings. The SMILES string of the molecule is CCCc1cncc(CC(F)F)c1. The van der Waals surface area contributed by atoms with Crippen molar-refractivity contribution in [1.29, 1.82) is 0 Å². The topological polar surface area (TPSA) is 12.9 Å². The van der Waals surface area contributed by atoms with Crippen molar-refractivity contribution < 1.29 is 8.78 Å². The first-order valence-electron chi connectivity index (χ1n) is 4.43. The van der Waals surface area contributed by atoms with Crippen LogP contribution in [0.3, 0.4) is 0 Å². The smallest absolute Gasteiger partial charge is 0.242 e. The summed E-state index contributed by atoms with van der Waals surface area (Å²) in [4.78, 5) is 3.92. The number of rotatable bonds is 4. The molecular formula is C10H13F2N. The summed E-state index contributed by atoms with van der Waals surface area (Å²) in [5.41, 5.74) is 1.67. The van der Waals surface area contributed by atoms with E-state index in [1.807, 2.05) is 6.07 Å². The Morgan fingerprint density at radius 1 is 1.31 bits per heavy atom. The van der Waals surface area contributed by atoms with Gasteiger partial charge in [-0.1, -0.05) is 19.4 Å². The standard InChI is InChI=1S/C10H13F2N/c1-2-3-8-4-9(5-10(11)12)7-13-6-8/h4,6-7,10H,2-3,5H2,1H3. The molecule has 1 aromatic rings. The summed E-state index contributed by atoms with van der Waals surface area (Å²) in [6.07, 6.45) is 2.69. The van der Waals surface area contributed by atoms with Crippen LogP contribution in [0.5, 0.6) is 0 Å². The highest BCUT2D eigenvalue weighted by Gasteiger charge is 2.04. The second-order valence-corrected chi connectivity index (χ2v) is 3.05. The predicted octanol–water partition coefficient (Wildman–Crippen LogP) is 2.84. The summed E-state index contributed by atoms with van der Waals surface area (Å²) in [5, 5.41) is 0. The fraction of sp³-hybridized carbons (Fsp3) is 0.500. The summed E-state index contributed by atoms with van der Waals surface area (Å²) < 4.78 is 24.0. The first kappa shape index (κ1) is 10.1. The molecule has 0 aliphatic heterocycles. The van der Waals surface area contributed by atoms with Crippen LogP contribution in [-0.2, 0) is 12.8 Å². The zero-order valence-corrected chi connectivity index (χ0v) is 7.63. The summed E-state index contributed by atoms with van der Waals surface area (Å²) in [6, 6.07) is 1.81. The van der Waals surface area contributed by atoms with Crippen LogP contribution in [0.1, 0.15) is 24.5 Å². The molecule has 3 heteroatoms. The van der Waals surface area contributed by atoms with Gasteiger partial charge >= 0.3 is 0 Å². The van der Waals surface area contributed by atoms with Gasteiger partial charge in [-0.05, 0) is 17.5 Å². The molecule has 72 valence electrons. The zero-order valence-electron chi connectivity index (χ0n) is 7.63. The highest BCUT2D eigenvalue weighted by molar-refractivity contribution is 5.18. The highest BCUT2D eigenvalue weighted by atomic mass is 19.3. The lowest BCUT2D eigenvalue weighted by Crippen LogP contribution is -1.98. The number of aromatic nitrogens is 1. The molecule has 0 saturated carbocycles. The van der Waals surface area contributed by atoms with Crippen molar-refractivity contribution >= 4 is 0 Å². The van der Waals surface area contributed by atoms with Gasteiger partial charge in [0.1, 0.15) is 0 Å². The fourth-order valence-electron chi connectivity index (χ4n) is 1.26. The average Bonchev–Trinajstić information content (AvgIpc) is 2.04. The average molecular weight is 185 g/mol. The maximum Gasteiger partial charge on any atom is 0.242 e. The van der Waals surface area contributed by atoms with Crippen LogP contribution >= 0.6 is 0 Å². The van der Waals surface area contributed by atoms with Crippen molar-refractivity contribution in [3.63, 3.8) is 0 Å². The summed E-state index contributed by atoms with van der Waals surface area (Å²) >= 11 is 0. The number of aryl methyl sites for hydroxylation is 1. The van der Waals surface area contributed by atoms with Gasteiger partial charge in [-0.25, -0.2) is 8.78 Å². The lowest BCUT2D eigenvalue weighted by molar-refractivity contribution is 0.149. The minimum absolute atomic E-state index is 0.190. The Balaban J connectivity index is 2.67. The number of alkyl halides is 2. The number of hydrogen-bond acceptors (Lipinski definition) is 1. The highest BCUT2D eigenvalue weighted by Crippen LogP contribution is 2.09. The van der Waals surface area contributed by atoms with Gasteiger partial charge in [0.2, 0.25) is 6.43 Å². The molecule has 0 N–H and O–H groups in total. The van der Waals surface area contributed by atoms with E-state index in [0.717, 1.165) is 18.4 Å². The first-order chi connectivity index (χ1) is 6.22. The molecule has 1 heterocycles. The molecule has 0 radical (unpaired) electrons. The van der Waals surface area contributed by atoms with E-state index in [2.05, 4.69) is 11.9 Å².